The SMILES string of the molecule is O=C1C2CC=CC=C2CC=C2CNCCN12. The normalized spacial score (nSPS) is 28.9. The Morgan fingerprint density at radius 3 is 3.31 bits per heavy atom. The summed E-state index contributed by atoms with van der Waals surface area (Å²) in [5, 5.41) is 3.32. The molecule has 1 aliphatic carbocycles. The van der Waals surface area contributed by atoms with E-state index < -0.39 is 0 Å². The van der Waals surface area contributed by atoms with E-state index in [1.54, 1.807) is 0 Å². The number of hydrogen-bond donors (Lipinski definition) is 1. The number of rotatable bonds is 0. The smallest absolute Gasteiger partial charge is 0.234 e. The van der Waals surface area contributed by atoms with E-state index in [-0.39, 0.29) is 5.92 Å². The van der Waals surface area contributed by atoms with Crippen molar-refractivity contribution < 1.29 is 4.79 Å². The molecule has 1 saturated heterocycles. The summed E-state index contributed by atoms with van der Waals surface area (Å²) in [7, 11) is 0. The van der Waals surface area contributed by atoms with Gasteiger partial charge in [-0.3, -0.25) is 4.79 Å². The zero-order chi connectivity index (χ0) is 11.0. The number of carbonyl (C=O) groups is 1. The van der Waals surface area contributed by atoms with Gasteiger partial charge in [-0.1, -0.05) is 29.9 Å². The Bertz CT molecular complexity index is 406. The van der Waals surface area contributed by atoms with Gasteiger partial charge >= 0.3 is 0 Å². The maximum absolute atomic E-state index is 12.4. The third-order valence-corrected chi connectivity index (χ3v) is 3.57. The van der Waals surface area contributed by atoms with Crippen molar-refractivity contribution >= 4 is 5.91 Å². The van der Waals surface area contributed by atoms with Gasteiger partial charge < -0.3 is 10.2 Å². The minimum atomic E-state index is 0.0943. The van der Waals surface area contributed by atoms with Crippen LogP contribution in [-0.4, -0.2) is 30.4 Å². The number of carbonyl (C=O) groups excluding carboxylic acids is 1. The fourth-order valence-corrected chi connectivity index (χ4v) is 2.65. The summed E-state index contributed by atoms with van der Waals surface area (Å²) in [6, 6.07) is 0. The van der Waals surface area contributed by atoms with Crippen LogP contribution in [0.4, 0.5) is 0 Å². The molecule has 1 atom stereocenters. The monoisotopic (exact) mass is 216 g/mol. The molecule has 84 valence electrons. The number of fused-ring (bicyclic) bond motifs is 2. The molecule has 3 heteroatoms. The van der Waals surface area contributed by atoms with Crippen LogP contribution in [0.15, 0.2) is 35.6 Å². The van der Waals surface area contributed by atoms with Crippen molar-refractivity contribution in [1.82, 2.24) is 10.2 Å². The van der Waals surface area contributed by atoms with E-state index in [1.807, 2.05) is 4.90 Å². The first-order valence-corrected chi connectivity index (χ1v) is 5.93. The van der Waals surface area contributed by atoms with Gasteiger partial charge in [0.1, 0.15) is 0 Å². The molecule has 3 aliphatic rings. The lowest BCUT2D eigenvalue weighted by molar-refractivity contribution is -0.132. The highest BCUT2D eigenvalue weighted by Gasteiger charge is 2.32. The van der Waals surface area contributed by atoms with Crippen molar-refractivity contribution in [2.75, 3.05) is 19.6 Å². The maximum Gasteiger partial charge on any atom is 0.234 e. The predicted octanol–water partition coefficient (Wildman–Crippen LogP) is 1.21. The van der Waals surface area contributed by atoms with Crippen LogP contribution < -0.4 is 5.32 Å². The number of nitrogens with zero attached hydrogens (tertiary/aromatic N) is 1. The molecule has 0 radical (unpaired) electrons. The summed E-state index contributed by atoms with van der Waals surface area (Å²) in [5.74, 6) is 0.387. The minimum Gasteiger partial charge on any atom is -0.313 e. The second-order valence-electron chi connectivity index (χ2n) is 4.52. The minimum absolute atomic E-state index is 0.0943. The van der Waals surface area contributed by atoms with Crippen LogP contribution in [0.1, 0.15) is 12.8 Å². The standard InChI is InChI=1S/C13H16N2O/c16-13-12-4-2-1-3-10(12)5-6-11-9-14-7-8-15(11)13/h1-3,6,12,14H,4-5,7-9H2. The first-order chi connectivity index (χ1) is 7.86. The van der Waals surface area contributed by atoms with Crippen LogP contribution >= 0.6 is 0 Å². The van der Waals surface area contributed by atoms with Gasteiger partial charge in [-0.05, 0) is 12.8 Å². The molecule has 0 aromatic heterocycles. The van der Waals surface area contributed by atoms with Gasteiger partial charge in [0.25, 0.3) is 0 Å². The molecular formula is C13H16N2O. The highest BCUT2D eigenvalue weighted by Crippen LogP contribution is 2.30. The lowest BCUT2D eigenvalue weighted by atomic mass is 9.89. The van der Waals surface area contributed by atoms with E-state index in [4.69, 9.17) is 0 Å². The molecule has 0 aromatic rings. The number of piperazine rings is 1. The van der Waals surface area contributed by atoms with Crippen molar-refractivity contribution in [3.63, 3.8) is 0 Å². The van der Waals surface area contributed by atoms with Crippen LogP contribution in [-0.2, 0) is 4.79 Å². The Labute approximate surface area is 95.5 Å². The highest BCUT2D eigenvalue weighted by atomic mass is 16.2. The molecule has 1 N–H and O–H groups in total. The van der Waals surface area contributed by atoms with Crippen molar-refractivity contribution in [2.24, 2.45) is 5.92 Å². The van der Waals surface area contributed by atoms with E-state index in [2.05, 4.69) is 29.6 Å². The van der Waals surface area contributed by atoms with Crippen molar-refractivity contribution in [3.8, 4) is 0 Å². The first-order valence-electron chi connectivity index (χ1n) is 5.93. The van der Waals surface area contributed by atoms with Gasteiger partial charge in [0.15, 0.2) is 0 Å². The number of amides is 1. The molecule has 0 spiro atoms. The lowest BCUT2D eigenvalue weighted by Gasteiger charge is -2.31. The Morgan fingerprint density at radius 1 is 1.44 bits per heavy atom. The molecule has 1 unspecified atom stereocenters. The molecular weight excluding hydrogens is 200 g/mol. The molecule has 0 bridgehead atoms. The molecule has 1 fully saturated rings. The Kier molecular flexibility index (Phi) is 2.40. The number of nitrogens with one attached hydrogen (secondary N) is 1. The van der Waals surface area contributed by atoms with Gasteiger partial charge in [0.05, 0.1) is 5.92 Å². The quantitative estimate of drug-likeness (QED) is 0.660. The molecule has 1 amide bonds. The molecule has 3 nitrogen and oxygen atoms in total. The summed E-state index contributed by atoms with van der Waals surface area (Å²) in [6.45, 7) is 2.56. The first kappa shape index (κ1) is 9.85. The van der Waals surface area contributed by atoms with E-state index >= 15 is 0 Å². The molecule has 0 saturated carbocycles. The lowest BCUT2D eigenvalue weighted by Crippen LogP contribution is -2.46. The molecule has 3 rings (SSSR count). The third-order valence-electron chi connectivity index (χ3n) is 3.57. The van der Waals surface area contributed by atoms with Crippen LogP contribution in [0, 0.1) is 5.92 Å². The van der Waals surface area contributed by atoms with Crippen LogP contribution in [0.25, 0.3) is 0 Å². The van der Waals surface area contributed by atoms with E-state index in [9.17, 15) is 4.79 Å². The Hall–Kier alpha value is -1.35. The molecule has 16 heavy (non-hydrogen) atoms. The van der Waals surface area contributed by atoms with Crippen LogP contribution in [0.5, 0.6) is 0 Å². The Morgan fingerprint density at radius 2 is 2.38 bits per heavy atom. The summed E-state index contributed by atoms with van der Waals surface area (Å²) in [6.07, 6.45) is 10.3. The van der Waals surface area contributed by atoms with E-state index in [0.29, 0.717) is 5.91 Å². The fourth-order valence-electron chi connectivity index (χ4n) is 2.65. The van der Waals surface area contributed by atoms with Gasteiger partial charge in [-0.15, -0.1) is 0 Å². The highest BCUT2D eigenvalue weighted by molar-refractivity contribution is 5.84. The van der Waals surface area contributed by atoms with Crippen molar-refractivity contribution in [3.05, 3.63) is 35.6 Å². The second-order valence-corrected chi connectivity index (χ2v) is 4.52. The largest absolute Gasteiger partial charge is 0.313 e. The second kappa shape index (κ2) is 3.91. The van der Waals surface area contributed by atoms with E-state index in [1.165, 1.54) is 5.57 Å². The number of hydrogen-bond acceptors (Lipinski definition) is 2. The summed E-state index contributed by atoms with van der Waals surface area (Å²) >= 11 is 0. The third kappa shape index (κ3) is 1.52. The number of allylic oxidation sites excluding steroid dienone is 4. The van der Waals surface area contributed by atoms with Crippen molar-refractivity contribution in [1.29, 1.82) is 0 Å². The fraction of sp³-hybridized carbons (Fsp3) is 0.462. The Balaban J connectivity index is 1.95. The summed E-state index contributed by atoms with van der Waals surface area (Å²) < 4.78 is 0. The van der Waals surface area contributed by atoms with Crippen molar-refractivity contribution in [2.45, 2.75) is 12.8 Å². The van der Waals surface area contributed by atoms with Gasteiger partial charge in [-0.2, -0.15) is 0 Å². The zero-order valence-corrected chi connectivity index (χ0v) is 9.28. The maximum atomic E-state index is 12.4. The van der Waals surface area contributed by atoms with Gasteiger partial charge in [0.2, 0.25) is 5.91 Å². The topological polar surface area (TPSA) is 32.3 Å². The molecule has 0 aromatic carbocycles. The predicted molar refractivity (Wildman–Crippen MR) is 62.6 cm³/mol. The molecule has 2 heterocycles. The van der Waals surface area contributed by atoms with E-state index in [0.717, 1.165) is 38.2 Å². The summed E-state index contributed by atoms with van der Waals surface area (Å²) in [4.78, 5) is 14.4. The van der Waals surface area contributed by atoms with Crippen LogP contribution in [0.2, 0.25) is 0 Å². The van der Waals surface area contributed by atoms with Crippen LogP contribution in [0.3, 0.4) is 0 Å². The summed E-state index contributed by atoms with van der Waals surface area (Å²) in [5.41, 5.74) is 2.43. The molecule has 2 aliphatic heterocycles. The van der Waals surface area contributed by atoms with Gasteiger partial charge in [-0.25, -0.2) is 0 Å². The zero-order valence-electron chi connectivity index (χ0n) is 9.28. The average molecular weight is 216 g/mol. The average Bonchev–Trinajstić information content (AvgIpc) is 2.49. The van der Waals surface area contributed by atoms with Gasteiger partial charge in [0, 0.05) is 25.3 Å².